The van der Waals surface area contributed by atoms with Crippen molar-refractivity contribution in [1.29, 1.82) is 0 Å². The molecule has 1 fully saturated rings. The smallest absolute Gasteiger partial charge is 0.232 e. The van der Waals surface area contributed by atoms with Gasteiger partial charge in [-0.05, 0) is 17.7 Å². The topological polar surface area (TPSA) is 42.4 Å². The van der Waals surface area contributed by atoms with Gasteiger partial charge >= 0.3 is 0 Å². The van der Waals surface area contributed by atoms with E-state index in [0.29, 0.717) is 18.8 Å². The van der Waals surface area contributed by atoms with E-state index in [1.807, 2.05) is 35.2 Å². The Labute approximate surface area is 134 Å². The van der Waals surface area contributed by atoms with E-state index in [2.05, 4.69) is 17.1 Å². The summed E-state index contributed by atoms with van der Waals surface area (Å²) < 4.78 is 5.74. The highest BCUT2D eigenvalue weighted by atomic mass is 32.2. The molecule has 0 aliphatic carbocycles. The Kier molecular flexibility index (Phi) is 4.96. The summed E-state index contributed by atoms with van der Waals surface area (Å²) >= 11 is 1.66. The van der Waals surface area contributed by atoms with E-state index in [9.17, 15) is 4.79 Å². The normalized spacial score (nSPS) is 14.5. The molecule has 1 aliphatic rings. The number of aromatic nitrogens is 1. The van der Waals surface area contributed by atoms with Gasteiger partial charge in [0.25, 0.3) is 0 Å². The minimum Gasteiger partial charge on any atom is -0.485 e. The minimum atomic E-state index is 0.0901. The molecule has 4 nitrogen and oxygen atoms in total. The van der Waals surface area contributed by atoms with E-state index in [-0.39, 0.29) is 12.0 Å². The third-order valence-electron chi connectivity index (χ3n) is 3.47. The van der Waals surface area contributed by atoms with Crippen molar-refractivity contribution >= 4 is 17.7 Å². The summed E-state index contributed by atoms with van der Waals surface area (Å²) in [4.78, 5) is 17.9. The molecule has 0 bridgehead atoms. The summed E-state index contributed by atoms with van der Waals surface area (Å²) in [6.07, 6.45) is 3.50. The Bertz CT molecular complexity index is 601. The molecule has 3 rings (SSSR count). The van der Waals surface area contributed by atoms with Gasteiger partial charge in [-0.1, -0.05) is 30.3 Å². The van der Waals surface area contributed by atoms with Crippen molar-refractivity contribution in [3.05, 3.63) is 60.4 Å². The highest BCUT2D eigenvalue weighted by molar-refractivity contribution is 7.99. The summed E-state index contributed by atoms with van der Waals surface area (Å²) in [5.41, 5.74) is 1.25. The molecule has 114 valence electrons. The quantitative estimate of drug-likeness (QED) is 0.822. The van der Waals surface area contributed by atoms with Crippen molar-refractivity contribution in [2.45, 2.75) is 11.9 Å². The zero-order valence-corrected chi connectivity index (χ0v) is 13.0. The summed E-state index contributed by atoms with van der Waals surface area (Å²) in [6, 6.07) is 13.9. The maximum Gasteiger partial charge on any atom is 0.232 e. The SMILES string of the molecule is O=C(CSCc1ccccc1)N1CC(Oc2cccnc2)C1. The van der Waals surface area contributed by atoms with Gasteiger partial charge in [0.15, 0.2) is 0 Å². The number of carbonyl (C=O) groups excluding carboxylic acids is 1. The van der Waals surface area contributed by atoms with Crippen LogP contribution in [0.25, 0.3) is 0 Å². The predicted octanol–water partition coefficient (Wildman–Crippen LogP) is 2.60. The van der Waals surface area contributed by atoms with Gasteiger partial charge in [-0.2, -0.15) is 0 Å². The summed E-state index contributed by atoms with van der Waals surface area (Å²) in [5.74, 6) is 2.34. The van der Waals surface area contributed by atoms with E-state index < -0.39 is 0 Å². The zero-order valence-electron chi connectivity index (χ0n) is 12.2. The van der Waals surface area contributed by atoms with Crippen LogP contribution in [0.1, 0.15) is 5.56 Å². The Morgan fingerprint density at radius 1 is 1.23 bits per heavy atom. The van der Waals surface area contributed by atoms with Crippen LogP contribution < -0.4 is 4.74 Å². The standard InChI is InChI=1S/C17H18N2O2S/c20-17(13-22-12-14-5-2-1-3-6-14)19-10-16(11-19)21-15-7-4-8-18-9-15/h1-9,16H,10-13H2. The number of thioether (sulfide) groups is 1. The van der Waals surface area contributed by atoms with Gasteiger partial charge in [-0.25, -0.2) is 0 Å². The lowest BCUT2D eigenvalue weighted by Crippen LogP contribution is -2.56. The Morgan fingerprint density at radius 2 is 2.05 bits per heavy atom. The van der Waals surface area contributed by atoms with Crippen LogP contribution in [0, 0.1) is 0 Å². The van der Waals surface area contributed by atoms with E-state index >= 15 is 0 Å². The molecule has 0 N–H and O–H groups in total. The first-order chi connectivity index (χ1) is 10.8. The molecule has 1 saturated heterocycles. The number of hydrogen-bond donors (Lipinski definition) is 0. The maximum absolute atomic E-state index is 12.1. The first-order valence-corrected chi connectivity index (χ1v) is 8.43. The fourth-order valence-electron chi connectivity index (χ4n) is 2.25. The molecular weight excluding hydrogens is 296 g/mol. The fraction of sp³-hybridized carbons (Fsp3) is 0.294. The van der Waals surface area contributed by atoms with E-state index in [0.717, 1.165) is 11.5 Å². The van der Waals surface area contributed by atoms with E-state index in [1.165, 1.54) is 5.56 Å². The molecule has 0 spiro atoms. The second-order valence-electron chi connectivity index (χ2n) is 5.21. The maximum atomic E-state index is 12.1. The van der Waals surface area contributed by atoms with Gasteiger partial charge in [0.1, 0.15) is 11.9 Å². The average Bonchev–Trinajstić information content (AvgIpc) is 2.52. The van der Waals surface area contributed by atoms with Crippen molar-refractivity contribution < 1.29 is 9.53 Å². The van der Waals surface area contributed by atoms with Crippen LogP contribution in [-0.4, -0.2) is 40.7 Å². The lowest BCUT2D eigenvalue weighted by atomic mass is 10.1. The van der Waals surface area contributed by atoms with Gasteiger partial charge in [-0.15, -0.1) is 11.8 Å². The number of benzene rings is 1. The molecule has 1 aliphatic heterocycles. The third kappa shape index (κ3) is 4.01. The lowest BCUT2D eigenvalue weighted by Gasteiger charge is -2.38. The molecule has 0 unspecified atom stereocenters. The van der Waals surface area contributed by atoms with E-state index in [1.54, 1.807) is 24.2 Å². The van der Waals surface area contributed by atoms with Gasteiger partial charge in [-0.3, -0.25) is 9.78 Å². The number of likely N-dealkylation sites (tertiary alicyclic amines) is 1. The highest BCUT2D eigenvalue weighted by Gasteiger charge is 2.31. The Hall–Kier alpha value is -2.01. The molecule has 1 aromatic heterocycles. The van der Waals surface area contributed by atoms with Crippen LogP contribution in [0.5, 0.6) is 5.75 Å². The number of ether oxygens (including phenoxy) is 1. The summed E-state index contributed by atoms with van der Waals surface area (Å²) in [7, 11) is 0. The fourth-order valence-corrected chi connectivity index (χ4v) is 3.13. The average molecular weight is 314 g/mol. The number of nitrogens with zero attached hydrogens (tertiary/aromatic N) is 2. The number of rotatable bonds is 6. The first-order valence-electron chi connectivity index (χ1n) is 7.27. The largest absolute Gasteiger partial charge is 0.485 e. The van der Waals surface area contributed by atoms with Crippen molar-refractivity contribution in [2.24, 2.45) is 0 Å². The molecule has 0 radical (unpaired) electrons. The zero-order chi connectivity index (χ0) is 15.2. The number of hydrogen-bond acceptors (Lipinski definition) is 4. The molecule has 1 aromatic carbocycles. The van der Waals surface area contributed by atoms with Crippen LogP contribution in [0.15, 0.2) is 54.9 Å². The van der Waals surface area contributed by atoms with E-state index in [4.69, 9.17) is 4.74 Å². The van der Waals surface area contributed by atoms with Gasteiger partial charge in [0.2, 0.25) is 5.91 Å². The van der Waals surface area contributed by atoms with Crippen LogP contribution in [0.3, 0.4) is 0 Å². The Balaban J connectivity index is 1.35. The second-order valence-corrected chi connectivity index (χ2v) is 6.19. The van der Waals surface area contributed by atoms with Gasteiger partial charge < -0.3 is 9.64 Å². The van der Waals surface area contributed by atoms with Crippen LogP contribution >= 0.6 is 11.8 Å². The third-order valence-corrected chi connectivity index (χ3v) is 4.46. The number of amides is 1. The van der Waals surface area contributed by atoms with Crippen LogP contribution in [-0.2, 0) is 10.5 Å². The number of pyridine rings is 1. The molecule has 0 saturated carbocycles. The van der Waals surface area contributed by atoms with Gasteiger partial charge in [0.05, 0.1) is 25.0 Å². The Morgan fingerprint density at radius 3 is 2.77 bits per heavy atom. The van der Waals surface area contributed by atoms with Gasteiger partial charge in [0, 0.05) is 11.9 Å². The van der Waals surface area contributed by atoms with Crippen molar-refractivity contribution in [3.63, 3.8) is 0 Å². The minimum absolute atomic E-state index is 0.0901. The monoisotopic (exact) mass is 314 g/mol. The summed E-state index contributed by atoms with van der Waals surface area (Å²) in [5, 5.41) is 0. The lowest BCUT2D eigenvalue weighted by molar-refractivity contribution is -0.137. The molecule has 1 amide bonds. The molecule has 0 atom stereocenters. The molecule has 2 heterocycles. The van der Waals surface area contributed by atoms with Crippen LogP contribution in [0.2, 0.25) is 0 Å². The van der Waals surface area contributed by atoms with Crippen LogP contribution in [0.4, 0.5) is 0 Å². The summed E-state index contributed by atoms with van der Waals surface area (Å²) in [6.45, 7) is 1.33. The predicted molar refractivity (Wildman–Crippen MR) is 87.8 cm³/mol. The van der Waals surface area contributed by atoms with Crippen molar-refractivity contribution in [2.75, 3.05) is 18.8 Å². The second kappa shape index (κ2) is 7.31. The molecule has 5 heteroatoms. The van der Waals surface area contributed by atoms with Crippen molar-refractivity contribution in [1.82, 2.24) is 9.88 Å². The molecular formula is C17H18N2O2S. The highest BCUT2D eigenvalue weighted by Crippen LogP contribution is 2.19. The number of carbonyl (C=O) groups is 1. The first kappa shape index (κ1) is 14.9. The molecule has 22 heavy (non-hydrogen) atoms. The molecule has 2 aromatic rings. The van der Waals surface area contributed by atoms with Crippen molar-refractivity contribution in [3.8, 4) is 5.75 Å².